The highest BCUT2D eigenvalue weighted by molar-refractivity contribution is 5.80. The summed E-state index contributed by atoms with van der Waals surface area (Å²) in [4.78, 5) is 23.3. The predicted octanol–water partition coefficient (Wildman–Crippen LogP) is 4.85. The van der Waals surface area contributed by atoms with Crippen LogP contribution in [0.25, 0.3) is 35.2 Å². The summed E-state index contributed by atoms with van der Waals surface area (Å²) < 4.78 is 15.5. The van der Waals surface area contributed by atoms with Gasteiger partial charge in [0.05, 0.1) is 25.3 Å². The Labute approximate surface area is 219 Å². The number of hydrogen-bond acceptors (Lipinski definition) is 5. The number of hydrogen-bond donors (Lipinski definition) is 0. The fourth-order valence-electron chi connectivity index (χ4n) is 4.16. The Morgan fingerprint density at radius 1 is 0.868 bits per heavy atom. The molecule has 0 aliphatic heterocycles. The number of aromatic nitrogens is 4. The molecule has 0 spiro atoms. The van der Waals surface area contributed by atoms with Gasteiger partial charge in [0.15, 0.2) is 0 Å². The number of ether oxygens (including phenoxy) is 2. The van der Waals surface area contributed by atoms with Gasteiger partial charge in [0.25, 0.3) is 0 Å². The van der Waals surface area contributed by atoms with Gasteiger partial charge in [-0.1, -0.05) is 42.5 Å². The second-order valence-electron chi connectivity index (χ2n) is 8.39. The standard InChI is InChI=1S/C30H27N5O3/c1-4-20-33-26-7-5-6-8-27(26)35-29(33)32-28(31-19-17-22-9-13-24(37-2)14-10-22)34(30(35)36)21-18-23-11-15-25(38-3)16-12-23/h4-19,21H,1,20H2,2-3H3/b19-17+,21-18+,31-28?. The number of rotatable bonds is 8. The van der Waals surface area contributed by atoms with E-state index in [2.05, 4.69) is 11.6 Å². The van der Waals surface area contributed by atoms with E-state index in [9.17, 15) is 4.79 Å². The second-order valence-corrected chi connectivity index (χ2v) is 8.39. The van der Waals surface area contributed by atoms with Crippen LogP contribution in [0.2, 0.25) is 0 Å². The van der Waals surface area contributed by atoms with Crippen molar-refractivity contribution in [1.82, 2.24) is 18.5 Å². The lowest BCUT2D eigenvalue weighted by atomic mass is 10.2. The van der Waals surface area contributed by atoms with E-state index in [0.29, 0.717) is 12.3 Å². The molecule has 2 heterocycles. The van der Waals surface area contributed by atoms with E-state index in [1.807, 2.05) is 89.5 Å². The molecule has 0 N–H and O–H groups in total. The molecule has 0 saturated heterocycles. The smallest absolute Gasteiger partial charge is 0.342 e. The number of methoxy groups -OCH3 is 2. The minimum atomic E-state index is -0.282. The first-order valence-corrected chi connectivity index (χ1v) is 12.0. The van der Waals surface area contributed by atoms with Gasteiger partial charge in [0.1, 0.15) is 11.5 Å². The van der Waals surface area contributed by atoms with Gasteiger partial charge in [-0.05, 0) is 59.7 Å². The van der Waals surface area contributed by atoms with Crippen molar-refractivity contribution in [2.45, 2.75) is 6.54 Å². The van der Waals surface area contributed by atoms with Crippen LogP contribution >= 0.6 is 0 Å². The first-order valence-electron chi connectivity index (χ1n) is 12.0. The van der Waals surface area contributed by atoms with Gasteiger partial charge in [-0.3, -0.25) is 0 Å². The fourth-order valence-corrected chi connectivity index (χ4v) is 4.16. The average molecular weight is 506 g/mol. The molecular formula is C30H27N5O3. The zero-order chi connectivity index (χ0) is 26.5. The van der Waals surface area contributed by atoms with Gasteiger partial charge in [-0.2, -0.15) is 4.98 Å². The van der Waals surface area contributed by atoms with E-state index in [-0.39, 0.29) is 11.3 Å². The van der Waals surface area contributed by atoms with E-state index < -0.39 is 0 Å². The summed E-state index contributed by atoms with van der Waals surface area (Å²) in [5, 5.41) is 0. The molecule has 0 saturated carbocycles. The fraction of sp³-hybridized carbons (Fsp3) is 0.100. The molecule has 2 aromatic heterocycles. The maximum absolute atomic E-state index is 13.9. The molecule has 5 aromatic rings. The van der Waals surface area contributed by atoms with Crippen molar-refractivity contribution in [3.63, 3.8) is 0 Å². The van der Waals surface area contributed by atoms with Gasteiger partial charge >= 0.3 is 5.69 Å². The van der Waals surface area contributed by atoms with E-state index in [4.69, 9.17) is 14.5 Å². The molecule has 0 unspecified atom stereocenters. The lowest BCUT2D eigenvalue weighted by molar-refractivity contribution is 0.414. The molecule has 190 valence electrons. The summed E-state index contributed by atoms with van der Waals surface area (Å²) in [6.07, 6.45) is 8.79. The van der Waals surface area contributed by atoms with Gasteiger partial charge in [0.2, 0.25) is 11.4 Å². The summed E-state index contributed by atoms with van der Waals surface area (Å²) in [7, 11) is 3.25. The van der Waals surface area contributed by atoms with Crippen molar-refractivity contribution >= 4 is 35.2 Å². The van der Waals surface area contributed by atoms with Gasteiger partial charge in [0, 0.05) is 18.9 Å². The third kappa shape index (κ3) is 4.79. The molecule has 0 aliphatic rings. The van der Waals surface area contributed by atoms with Crippen molar-refractivity contribution in [3.05, 3.63) is 119 Å². The normalized spacial score (nSPS) is 12.2. The predicted molar refractivity (Wildman–Crippen MR) is 151 cm³/mol. The van der Waals surface area contributed by atoms with Gasteiger partial charge in [-0.15, -0.1) is 6.58 Å². The zero-order valence-corrected chi connectivity index (χ0v) is 21.2. The van der Waals surface area contributed by atoms with Crippen LogP contribution in [0.1, 0.15) is 11.1 Å². The third-order valence-corrected chi connectivity index (χ3v) is 6.08. The van der Waals surface area contributed by atoms with Crippen LogP contribution in [0.4, 0.5) is 0 Å². The zero-order valence-electron chi connectivity index (χ0n) is 21.2. The Bertz CT molecular complexity index is 1790. The SMILES string of the molecule is C=CCn1c2ccccc2n2c(=O)n(/C=C/c3ccc(OC)cc3)c(=N/C=C/c3ccc(OC)cc3)nc12. The molecule has 8 nitrogen and oxygen atoms in total. The van der Waals surface area contributed by atoms with Crippen LogP contribution in [0.3, 0.4) is 0 Å². The molecule has 0 radical (unpaired) electrons. The molecule has 8 heteroatoms. The Kier molecular flexibility index (Phi) is 7.04. The summed E-state index contributed by atoms with van der Waals surface area (Å²) >= 11 is 0. The minimum absolute atomic E-state index is 0.248. The minimum Gasteiger partial charge on any atom is -0.497 e. The third-order valence-electron chi connectivity index (χ3n) is 6.08. The lowest BCUT2D eigenvalue weighted by Crippen LogP contribution is -2.37. The van der Waals surface area contributed by atoms with E-state index >= 15 is 0 Å². The Balaban J connectivity index is 1.70. The molecule has 38 heavy (non-hydrogen) atoms. The number of fused-ring (bicyclic) bond motifs is 3. The van der Waals surface area contributed by atoms with E-state index in [1.165, 1.54) is 4.57 Å². The lowest BCUT2D eigenvalue weighted by Gasteiger charge is -2.05. The molecule has 5 rings (SSSR count). The van der Waals surface area contributed by atoms with Crippen molar-refractivity contribution in [2.24, 2.45) is 4.99 Å². The van der Waals surface area contributed by atoms with Gasteiger partial charge < -0.3 is 14.0 Å². The first-order chi connectivity index (χ1) is 18.6. The Hall–Kier alpha value is -5.11. The highest BCUT2D eigenvalue weighted by Gasteiger charge is 2.15. The van der Waals surface area contributed by atoms with Crippen molar-refractivity contribution in [2.75, 3.05) is 14.2 Å². The monoisotopic (exact) mass is 505 g/mol. The number of nitrogens with zero attached hydrogens (tertiary/aromatic N) is 5. The summed E-state index contributed by atoms with van der Waals surface area (Å²) in [5.74, 6) is 2.02. The number of benzene rings is 3. The van der Waals surface area contributed by atoms with Crippen LogP contribution in [0, 0.1) is 0 Å². The Morgan fingerprint density at radius 2 is 1.47 bits per heavy atom. The summed E-state index contributed by atoms with van der Waals surface area (Å²) in [6, 6.07) is 22.9. The Morgan fingerprint density at radius 3 is 2.08 bits per heavy atom. The number of allylic oxidation sites excluding steroid dienone is 1. The van der Waals surface area contributed by atoms with E-state index in [1.54, 1.807) is 37.1 Å². The highest BCUT2D eigenvalue weighted by Crippen LogP contribution is 2.18. The molecule has 0 atom stereocenters. The van der Waals surface area contributed by atoms with E-state index in [0.717, 1.165) is 33.7 Å². The number of imidazole rings is 1. The van der Waals surface area contributed by atoms with Crippen molar-refractivity contribution in [1.29, 1.82) is 0 Å². The summed E-state index contributed by atoms with van der Waals surface area (Å²) in [5.41, 5.74) is 3.44. The van der Waals surface area contributed by atoms with Crippen LogP contribution in [0.5, 0.6) is 11.5 Å². The van der Waals surface area contributed by atoms with Gasteiger partial charge in [-0.25, -0.2) is 18.8 Å². The molecule has 0 aliphatic carbocycles. The molecule has 0 amide bonds. The maximum atomic E-state index is 13.9. The highest BCUT2D eigenvalue weighted by atomic mass is 16.5. The van der Waals surface area contributed by atoms with Crippen LogP contribution in [-0.2, 0) is 6.54 Å². The quantitative estimate of drug-likeness (QED) is 0.283. The number of para-hydroxylation sites is 2. The molecule has 3 aromatic carbocycles. The first kappa shape index (κ1) is 24.6. The second kappa shape index (κ2) is 10.9. The summed E-state index contributed by atoms with van der Waals surface area (Å²) in [6.45, 7) is 4.37. The maximum Gasteiger partial charge on any atom is 0.342 e. The van der Waals surface area contributed by atoms with Crippen LogP contribution < -0.4 is 20.8 Å². The van der Waals surface area contributed by atoms with Crippen molar-refractivity contribution < 1.29 is 9.47 Å². The molecule has 0 bridgehead atoms. The molecular weight excluding hydrogens is 478 g/mol. The van der Waals surface area contributed by atoms with Crippen molar-refractivity contribution in [3.8, 4) is 11.5 Å². The topological polar surface area (TPSA) is 75.0 Å². The molecule has 0 fully saturated rings. The van der Waals surface area contributed by atoms with Crippen LogP contribution in [0.15, 0.2) is 101 Å². The average Bonchev–Trinajstić information content (AvgIpc) is 3.27. The van der Waals surface area contributed by atoms with Crippen LogP contribution in [-0.4, -0.2) is 32.7 Å². The largest absolute Gasteiger partial charge is 0.497 e.